The van der Waals surface area contributed by atoms with Crippen LogP contribution in [0.5, 0.6) is 5.75 Å². The molecule has 1 fully saturated rings. The van der Waals surface area contributed by atoms with Gasteiger partial charge >= 0.3 is 6.03 Å². The van der Waals surface area contributed by atoms with Crippen LogP contribution in [0.15, 0.2) is 24.3 Å². The molecule has 1 aromatic carbocycles. The summed E-state index contributed by atoms with van der Waals surface area (Å²) in [7, 11) is 3.30. The monoisotopic (exact) mass is 335 g/mol. The molecular weight excluding hydrogens is 306 g/mol. The predicted octanol–water partition coefficient (Wildman–Crippen LogP) is 2.17. The molecule has 1 aliphatic heterocycles. The molecule has 0 bridgehead atoms. The molecule has 1 atom stereocenters. The number of rotatable bonds is 8. The summed E-state index contributed by atoms with van der Waals surface area (Å²) in [4.78, 5) is 14.4. The maximum absolute atomic E-state index is 11.9. The van der Waals surface area contributed by atoms with Crippen molar-refractivity contribution in [2.75, 3.05) is 47.0 Å². The van der Waals surface area contributed by atoms with Gasteiger partial charge in [0.1, 0.15) is 5.75 Å². The van der Waals surface area contributed by atoms with Crippen LogP contribution >= 0.6 is 0 Å². The van der Waals surface area contributed by atoms with Crippen molar-refractivity contribution in [3.63, 3.8) is 0 Å². The third-order valence-electron chi connectivity index (χ3n) is 4.36. The molecule has 0 spiro atoms. The van der Waals surface area contributed by atoms with Gasteiger partial charge in [-0.2, -0.15) is 0 Å². The fraction of sp³-hybridized carbons (Fsp3) is 0.611. The normalized spacial score (nSPS) is 16.4. The SMILES string of the molecule is COCCNC(=O)NCC(c1cccc(OC)c1)N1CCCCC1. The highest BCUT2D eigenvalue weighted by molar-refractivity contribution is 5.73. The van der Waals surface area contributed by atoms with Crippen LogP contribution in [0.2, 0.25) is 0 Å². The molecule has 0 aliphatic carbocycles. The maximum Gasteiger partial charge on any atom is 0.314 e. The van der Waals surface area contributed by atoms with E-state index in [0.29, 0.717) is 19.7 Å². The van der Waals surface area contributed by atoms with Crippen molar-refractivity contribution in [1.82, 2.24) is 15.5 Å². The van der Waals surface area contributed by atoms with Crippen LogP contribution in [0.3, 0.4) is 0 Å². The van der Waals surface area contributed by atoms with Crippen LogP contribution in [0.1, 0.15) is 30.9 Å². The Hall–Kier alpha value is -1.79. The minimum absolute atomic E-state index is 0.156. The molecule has 24 heavy (non-hydrogen) atoms. The van der Waals surface area contributed by atoms with E-state index in [0.717, 1.165) is 18.8 Å². The molecule has 1 aromatic rings. The van der Waals surface area contributed by atoms with E-state index < -0.39 is 0 Å². The van der Waals surface area contributed by atoms with Gasteiger partial charge in [-0.1, -0.05) is 18.6 Å². The van der Waals surface area contributed by atoms with Crippen molar-refractivity contribution in [2.24, 2.45) is 0 Å². The molecule has 1 heterocycles. The number of hydrogen-bond donors (Lipinski definition) is 2. The fourth-order valence-corrected chi connectivity index (χ4v) is 3.06. The number of carbonyl (C=O) groups is 1. The quantitative estimate of drug-likeness (QED) is 0.715. The molecule has 2 rings (SSSR count). The number of urea groups is 1. The molecule has 0 saturated carbocycles. The summed E-state index contributed by atoms with van der Waals surface area (Å²) in [5, 5.41) is 5.78. The van der Waals surface area contributed by atoms with Gasteiger partial charge in [-0.05, 0) is 43.6 Å². The highest BCUT2D eigenvalue weighted by atomic mass is 16.5. The smallest absolute Gasteiger partial charge is 0.314 e. The lowest BCUT2D eigenvalue weighted by Gasteiger charge is -2.35. The summed E-state index contributed by atoms with van der Waals surface area (Å²) in [5.41, 5.74) is 1.17. The summed E-state index contributed by atoms with van der Waals surface area (Å²) in [6, 6.07) is 8.12. The Labute approximate surface area is 144 Å². The number of hydrogen-bond acceptors (Lipinski definition) is 4. The van der Waals surface area contributed by atoms with E-state index in [-0.39, 0.29) is 12.1 Å². The van der Waals surface area contributed by atoms with Gasteiger partial charge in [0, 0.05) is 20.2 Å². The molecule has 6 nitrogen and oxygen atoms in total. The van der Waals surface area contributed by atoms with E-state index in [4.69, 9.17) is 9.47 Å². The minimum Gasteiger partial charge on any atom is -0.497 e. The molecule has 6 heteroatoms. The summed E-state index contributed by atoms with van der Waals surface area (Å²) in [5.74, 6) is 0.846. The Balaban J connectivity index is 2.01. The lowest BCUT2D eigenvalue weighted by atomic mass is 10.0. The molecular formula is C18H29N3O3. The van der Waals surface area contributed by atoms with Gasteiger partial charge in [0.25, 0.3) is 0 Å². The highest BCUT2D eigenvalue weighted by Crippen LogP contribution is 2.26. The van der Waals surface area contributed by atoms with E-state index >= 15 is 0 Å². The lowest BCUT2D eigenvalue weighted by molar-refractivity contribution is 0.159. The second-order valence-electron chi connectivity index (χ2n) is 6.02. The molecule has 1 unspecified atom stereocenters. The Kier molecular flexibility index (Phi) is 7.85. The number of piperidine rings is 1. The Bertz CT molecular complexity index is 504. The van der Waals surface area contributed by atoms with Gasteiger partial charge in [0.05, 0.1) is 19.8 Å². The number of carbonyl (C=O) groups excluding carboxylic acids is 1. The summed E-state index contributed by atoms with van der Waals surface area (Å²) in [6.45, 7) is 3.73. The largest absolute Gasteiger partial charge is 0.497 e. The number of ether oxygens (including phenoxy) is 2. The number of benzene rings is 1. The van der Waals surface area contributed by atoms with E-state index in [9.17, 15) is 4.79 Å². The third kappa shape index (κ3) is 5.69. The van der Waals surface area contributed by atoms with Gasteiger partial charge < -0.3 is 20.1 Å². The molecule has 2 amide bonds. The number of nitrogens with zero attached hydrogens (tertiary/aromatic N) is 1. The van der Waals surface area contributed by atoms with Crippen molar-refractivity contribution in [2.45, 2.75) is 25.3 Å². The van der Waals surface area contributed by atoms with Crippen LogP contribution in [0, 0.1) is 0 Å². The van der Waals surface area contributed by atoms with Crippen LogP contribution in [-0.4, -0.2) is 57.9 Å². The molecule has 0 radical (unpaired) electrons. The van der Waals surface area contributed by atoms with Crippen molar-refractivity contribution in [3.8, 4) is 5.75 Å². The van der Waals surface area contributed by atoms with Crippen LogP contribution in [0.4, 0.5) is 4.79 Å². The summed E-state index contributed by atoms with van der Waals surface area (Å²) >= 11 is 0. The average molecular weight is 335 g/mol. The standard InChI is InChI=1S/C18H29N3O3/c1-23-12-9-19-18(22)20-14-17(21-10-4-3-5-11-21)15-7-6-8-16(13-15)24-2/h6-8,13,17H,3-5,9-12,14H2,1-2H3,(H2,19,20,22). The number of amides is 2. The molecule has 134 valence electrons. The first-order chi connectivity index (χ1) is 11.7. The Morgan fingerprint density at radius 2 is 2.00 bits per heavy atom. The minimum atomic E-state index is -0.156. The second kappa shape index (κ2) is 10.2. The van der Waals surface area contributed by atoms with Gasteiger partial charge in [0.15, 0.2) is 0 Å². The van der Waals surface area contributed by atoms with Gasteiger partial charge in [0.2, 0.25) is 0 Å². The maximum atomic E-state index is 11.9. The fourth-order valence-electron chi connectivity index (χ4n) is 3.06. The van der Waals surface area contributed by atoms with Crippen molar-refractivity contribution in [1.29, 1.82) is 0 Å². The zero-order valence-corrected chi connectivity index (χ0v) is 14.7. The van der Waals surface area contributed by atoms with E-state index in [1.54, 1.807) is 14.2 Å². The van der Waals surface area contributed by atoms with E-state index in [1.165, 1.54) is 24.8 Å². The zero-order valence-electron chi connectivity index (χ0n) is 14.7. The van der Waals surface area contributed by atoms with Crippen molar-refractivity contribution >= 4 is 6.03 Å². The third-order valence-corrected chi connectivity index (χ3v) is 4.36. The van der Waals surface area contributed by atoms with Crippen molar-refractivity contribution < 1.29 is 14.3 Å². The lowest BCUT2D eigenvalue weighted by Crippen LogP contribution is -2.44. The first-order valence-electron chi connectivity index (χ1n) is 8.63. The number of nitrogens with one attached hydrogen (secondary N) is 2. The topological polar surface area (TPSA) is 62.8 Å². The summed E-state index contributed by atoms with van der Waals surface area (Å²) < 4.78 is 10.3. The van der Waals surface area contributed by atoms with Gasteiger partial charge in [-0.15, -0.1) is 0 Å². The van der Waals surface area contributed by atoms with Crippen LogP contribution < -0.4 is 15.4 Å². The van der Waals surface area contributed by atoms with Crippen LogP contribution in [0.25, 0.3) is 0 Å². The average Bonchev–Trinajstić information content (AvgIpc) is 2.63. The number of methoxy groups -OCH3 is 2. The van der Waals surface area contributed by atoms with Gasteiger partial charge in [-0.3, -0.25) is 4.90 Å². The summed E-state index contributed by atoms with van der Waals surface area (Å²) in [6.07, 6.45) is 3.70. The number of likely N-dealkylation sites (tertiary alicyclic amines) is 1. The zero-order chi connectivity index (χ0) is 17.2. The molecule has 0 aromatic heterocycles. The Morgan fingerprint density at radius 3 is 2.71 bits per heavy atom. The Morgan fingerprint density at radius 1 is 1.21 bits per heavy atom. The molecule has 1 saturated heterocycles. The molecule has 1 aliphatic rings. The van der Waals surface area contributed by atoms with E-state index in [2.05, 4.69) is 27.7 Å². The highest BCUT2D eigenvalue weighted by Gasteiger charge is 2.23. The first-order valence-corrected chi connectivity index (χ1v) is 8.63. The van der Waals surface area contributed by atoms with E-state index in [1.807, 2.05) is 12.1 Å². The predicted molar refractivity (Wildman–Crippen MR) is 94.4 cm³/mol. The van der Waals surface area contributed by atoms with Crippen molar-refractivity contribution in [3.05, 3.63) is 29.8 Å². The molecule has 2 N–H and O–H groups in total. The van der Waals surface area contributed by atoms with Crippen LogP contribution in [-0.2, 0) is 4.74 Å². The first kappa shape index (κ1) is 18.5. The second-order valence-corrected chi connectivity index (χ2v) is 6.02. The van der Waals surface area contributed by atoms with Gasteiger partial charge in [-0.25, -0.2) is 4.79 Å².